The molecule has 12 heteroatoms. The second kappa shape index (κ2) is 13.5. The summed E-state index contributed by atoms with van der Waals surface area (Å²) in [5, 5.41) is 6.80. The Morgan fingerprint density at radius 3 is 2.75 bits per heavy atom. The lowest BCUT2D eigenvalue weighted by atomic mass is 10.0. The zero-order chi connectivity index (χ0) is 30.6. The highest BCUT2D eigenvalue weighted by Gasteiger charge is 2.31. The normalized spacial score (nSPS) is 20.2. The highest BCUT2D eigenvalue weighted by molar-refractivity contribution is 6.31. The summed E-state index contributed by atoms with van der Waals surface area (Å²) >= 11 is 5.97. The number of rotatable bonds is 10. The third-order valence-corrected chi connectivity index (χ3v) is 8.50. The zero-order valence-electron chi connectivity index (χ0n) is 24.6. The lowest BCUT2D eigenvalue weighted by Gasteiger charge is -2.40. The van der Waals surface area contributed by atoms with Crippen LogP contribution in [0.2, 0.25) is 5.02 Å². The van der Waals surface area contributed by atoms with Gasteiger partial charge in [0.15, 0.2) is 0 Å². The molecule has 1 aliphatic carbocycles. The molecule has 2 aliphatic heterocycles. The minimum atomic E-state index is -0.509. The summed E-state index contributed by atoms with van der Waals surface area (Å²) in [5.41, 5.74) is 1.71. The molecule has 1 aromatic heterocycles. The Morgan fingerprint density at radius 2 is 2.00 bits per heavy atom. The number of aromatic nitrogens is 2. The molecule has 10 nitrogen and oxygen atoms in total. The van der Waals surface area contributed by atoms with E-state index < -0.39 is 5.82 Å². The number of nitrogens with zero attached hydrogens (tertiary/aromatic N) is 4. The van der Waals surface area contributed by atoms with Crippen molar-refractivity contribution in [2.24, 2.45) is 5.92 Å². The number of carbonyl (C=O) groups excluding carboxylic acids is 2. The number of cyclic esters (lactones) is 1. The minimum Gasteiger partial charge on any atom is -0.491 e. The first-order valence-electron chi connectivity index (χ1n) is 15.1. The van der Waals surface area contributed by atoms with Gasteiger partial charge in [0.1, 0.15) is 29.8 Å². The number of morpholine rings is 1. The number of halogens is 2. The van der Waals surface area contributed by atoms with Crippen molar-refractivity contribution in [3.63, 3.8) is 0 Å². The van der Waals surface area contributed by atoms with E-state index in [1.165, 1.54) is 18.5 Å². The number of hydrogen-bond donors (Lipinski definition) is 2. The maximum Gasteiger partial charge on any atom is 0.320 e. The molecule has 2 aromatic carbocycles. The number of piperidine rings is 1. The Kier molecular flexibility index (Phi) is 9.25. The molecule has 3 aromatic rings. The van der Waals surface area contributed by atoms with Crippen LogP contribution in [-0.4, -0.2) is 83.1 Å². The van der Waals surface area contributed by atoms with E-state index in [4.69, 9.17) is 21.1 Å². The molecule has 0 radical (unpaired) electrons. The first kappa shape index (κ1) is 30.2. The van der Waals surface area contributed by atoms with Crippen LogP contribution in [0.1, 0.15) is 32.6 Å². The second-order valence-electron chi connectivity index (χ2n) is 11.7. The topological polar surface area (TPSA) is 109 Å². The highest BCUT2D eigenvalue weighted by atomic mass is 35.5. The van der Waals surface area contributed by atoms with Gasteiger partial charge in [-0.05, 0) is 75.9 Å². The first-order valence-corrected chi connectivity index (χ1v) is 15.5. The number of anilines is 3. The molecule has 0 spiro atoms. The Hall–Kier alpha value is -3.80. The van der Waals surface area contributed by atoms with Crippen molar-refractivity contribution < 1.29 is 23.5 Å². The van der Waals surface area contributed by atoms with Gasteiger partial charge in [0.05, 0.1) is 29.4 Å². The van der Waals surface area contributed by atoms with Crippen LogP contribution < -0.4 is 15.4 Å². The number of nitrogens with one attached hydrogen (secondary N) is 2. The Balaban J connectivity index is 1.11. The van der Waals surface area contributed by atoms with Crippen LogP contribution in [0.5, 0.6) is 5.75 Å². The van der Waals surface area contributed by atoms with Gasteiger partial charge in [-0.1, -0.05) is 17.7 Å². The minimum absolute atomic E-state index is 0.00328. The standard InChI is InChI=1S/C32H36ClFN6O4/c1-20-16-40(17-31(42)44-20)23-8-11-39(12-9-23)10-2-3-30(41)38-28-14-24-27(15-29(28)43-18-21-4-5-21)35-19-36-32(24)37-22-6-7-26(34)25(33)13-22/h2-3,6-7,13-15,19-21,23H,4-5,8-12,16-18H2,1H3,(H,38,41)(H,35,36,37). The van der Waals surface area contributed by atoms with E-state index in [9.17, 15) is 14.0 Å². The van der Waals surface area contributed by atoms with Gasteiger partial charge >= 0.3 is 5.97 Å². The molecule has 232 valence electrons. The van der Waals surface area contributed by atoms with Crippen LogP contribution in [0.15, 0.2) is 48.8 Å². The number of likely N-dealkylation sites (tertiary alicyclic amines) is 1. The molecule has 6 rings (SSSR count). The second-order valence-corrected chi connectivity index (χ2v) is 12.2. The Bertz CT molecular complexity index is 1560. The number of amides is 1. The molecule has 1 unspecified atom stereocenters. The molecule has 3 heterocycles. The fourth-order valence-corrected chi connectivity index (χ4v) is 5.87. The quantitative estimate of drug-likeness (QED) is 0.234. The van der Waals surface area contributed by atoms with E-state index in [0.717, 1.165) is 45.3 Å². The number of benzene rings is 2. The zero-order valence-corrected chi connectivity index (χ0v) is 25.4. The van der Waals surface area contributed by atoms with Gasteiger partial charge in [-0.3, -0.25) is 19.4 Å². The van der Waals surface area contributed by atoms with E-state index in [2.05, 4.69) is 30.4 Å². The summed E-state index contributed by atoms with van der Waals surface area (Å²) in [7, 11) is 0. The molecule has 3 aliphatic rings. The summed E-state index contributed by atoms with van der Waals surface area (Å²) in [6, 6.07) is 8.30. The number of hydrogen-bond acceptors (Lipinski definition) is 9. The van der Waals surface area contributed by atoms with Gasteiger partial charge < -0.3 is 20.1 Å². The van der Waals surface area contributed by atoms with Crippen LogP contribution >= 0.6 is 11.6 Å². The van der Waals surface area contributed by atoms with Gasteiger partial charge in [-0.2, -0.15) is 0 Å². The maximum atomic E-state index is 13.7. The van der Waals surface area contributed by atoms with Crippen molar-refractivity contribution in [1.82, 2.24) is 19.8 Å². The number of carbonyl (C=O) groups is 2. The molecule has 1 amide bonds. The number of esters is 1. The average molecular weight is 623 g/mol. The summed E-state index contributed by atoms with van der Waals surface area (Å²) in [6.07, 6.45) is 9.00. The van der Waals surface area contributed by atoms with Crippen LogP contribution in [-0.2, 0) is 14.3 Å². The van der Waals surface area contributed by atoms with Crippen molar-refractivity contribution in [3.05, 3.63) is 59.7 Å². The summed E-state index contributed by atoms with van der Waals surface area (Å²) in [4.78, 5) is 38.2. The van der Waals surface area contributed by atoms with Crippen molar-refractivity contribution in [3.8, 4) is 5.75 Å². The van der Waals surface area contributed by atoms with E-state index >= 15 is 0 Å². The predicted molar refractivity (Wildman–Crippen MR) is 167 cm³/mol. The third kappa shape index (κ3) is 7.64. The van der Waals surface area contributed by atoms with Crippen LogP contribution in [0.3, 0.4) is 0 Å². The average Bonchev–Trinajstić information content (AvgIpc) is 3.83. The molecule has 1 saturated carbocycles. The molecular formula is C32H36ClFN6O4. The lowest BCUT2D eigenvalue weighted by Crippen LogP contribution is -2.52. The largest absolute Gasteiger partial charge is 0.491 e. The van der Waals surface area contributed by atoms with Crippen molar-refractivity contribution in [1.29, 1.82) is 0 Å². The van der Waals surface area contributed by atoms with Gasteiger partial charge in [0, 0.05) is 42.3 Å². The molecule has 2 saturated heterocycles. The fourth-order valence-electron chi connectivity index (χ4n) is 5.69. The molecule has 44 heavy (non-hydrogen) atoms. The summed E-state index contributed by atoms with van der Waals surface area (Å²) in [6.45, 7) is 6.10. The SMILES string of the molecule is CC1CN(C2CCN(CC=CC(=O)Nc3cc4c(Nc5ccc(F)c(Cl)c5)ncnc4cc3OCC3CC3)CC2)CC(=O)O1. The Labute approximate surface area is 260 Å². The monoisotopic (exact) mass is 622 g/mol. The molecule has 1 atom stereocenters. The fraction of sp³-hybridized carbons (Fsp3) is 0.438. The van der Waals surface area contributed by atoms with E-state index in [1.807, 2.05) is 13.0 Å². The van der Waals surface area contributed by atoms with Crippen molar-refractivity contribution >= 4 is 51.6 Å². The Morgan fingerprint density at radius 1 is 1.18 bits per heavy atom. The third-order valence-electron chi connectivity index (χ3n) is 8.21. The highest BCUT2D eigenvalue weighted by Crippen LogP contribution is 2.36. The lowest BCUT2D eigenvalue weighted by molar-refractivity contribution is -0.159. The predicted octanol–water partition coefficient (Wildman–Crippen LogP) is 5.16. The van der Waals surface area contributed by atoms with Gasteiger partial charge in [-0.15, -0.1) is 0 Å². The summed E-state index contributed by atoms with van der Waals surface area (Å²) in [5.74, 6) is 0.621. The molecule has 0 bridgehead atoms. The van der Waals surface area contributed by atoms with E-state index in [-0.39, 0.29) is 23.0 Å². The van der Waals surface area contributed by atoms with Crippen LogP contribution in [0.25, 0.3) is 10.9 Å². The van der Waals surface area contributed by atoms with Gasteiger partial charge in [0.2, 0.25) is 5.91 Å². The summed E-state index contributed by atoms with van der Waals surface area (Å²) < 4.78 is 25.1. The van der Waals surface area contributed by atoms with Gasteiger partial charge in [0.25, 0.3) is 0 Å². The smallest absolute Gasteiger partial charge is 0.320 e. The number of fused-ring (bicyclic) bond motifs is 1. The van der Waals surface area contributed by atoms with Crippen molar-refractivity contribution in [2.75, 3.05) is 50.0 Å². The van der Waals surface area contributed by atoms with Crippen molar-refractivity contribution in [2.45, 2.75) is 44.8 Å². The first-order chi connectivity index (χ1) is 21.3. The number of ether oxygens (including phenoxy) is 2. The van der Waals surface area contributed by atoms with E-state index in [0.29, 0.717) is 65.5 Å². The molecule has 2 N–H and O–H groups in total. The van der Waals surface area contributed by atoms with E-state index in [1.54, 1.807) is 24.3 Å². The van der Waals surface area contributed by atoms with Crippen LogP contribution in [0.4, 0.5) is 21.6 Å². The molecular weight excluding hydrogens is 587 g/mol. The van der Waals surface area contributed by atoms with Gasteiger partial charge in [-0.25, -0.2) is 14.4 Å². The molecule has 3 fully saturated rings. The van der Waals surface area contributed by atoms with Crippen LogP contribution in [0, 0.1) is 11.7 Å². The maximum absolute atomic E-state index is 13.7.